The summed E-state index contributed by atoms with van der Waals surface area (Å²) in [5.74, 6) is -3.80. The summed E-state index contributed by atoms with van der Waals surface area (Å²) in [4.78, 5) is 29.9. The van der Waals surface area contributed by atoms with Crippen LogP contribution in [0.25, 0.3) is 0 Å². The molecule has 4 fully saturated rings. The van der Waals surface area contributed by atoms with Gasteiger partial charge in [-0.2, -0.15) is 0 Å². The van der Waals surface area contributed by atoms with Gasteiger partial charge in [0.25, 0.3) is 5.92 Å². The summed E-state index contributed by atoms with van der Waals surface area (Å²) >= 11 is 0. The van der Waals surface area contributed by atoms with Crippen molar-refractivity contribution in [3.05, 3.63) is 35.9 Å². The Morgan fingerprint density at radius 2 is 1.74 bits per heavy atom. The first-order valence-corrected chi connectivity index (χ1v) is 12.5. The Bertz CT molecular complexity index is 903. The van der Waals surface area contributed by atoms with Gasteiger partial charge in [-0.3, -0.25) is 4.79 Å². The van der Waals surface area contributed by atoms with Crippen molar-refractivity contribution in [2.75, 3.05) is 26.2 Å². The van der Waals surface area contributed by atoms with E-state index in [1.165, 1.54) is 12.8 Å². The first-order valence-electron chi connectivity index (χ1n) is 12.5. The van der Waals surface area contributed by atoms with Gasteiger partial charge in [0, 0.05) is 37.4 Å². The zero-order chi connectivity index (χ0) is 24.0. The number of amides is 3. The number of hydrogen-bond donors (Lipinski definition) is 3. The molecule has 1 atom stereocenters. The van der Waals surface area contributed by atoms with Crippen molar-refractivity contribution in [2.45, 2.75) is 75.0 Å². The zero-order valence-corrected chi connectivity index (χ0v) is 19.6. The highest BCUT2D eigenvalue weighted by atomic mass is 19.3. The van der Waals surface area contributed by atoms with Crippen LogP contribution in [0.4, 0.5) is 13.6 Å². The largest absolute Gasteiger partial charge is 0.336 e. The van der Waals surface area contributed by atoms with E-state index >= 15 is 0 Å². The molecule has 2 aliphatic carbocycles. The van der Waals surface area contributed by atoms with E-state index in [9.17, 15) is 18.4 Å². The molecule has 1 aromatic carbocycles. The monoisotopic (exact) mass is 475 g/mol. The Hall–Kier alpha value is -2.26. The Balaban J connectivity index is 1.18. The van der Waals surface area contributed by atoms with E-state index in [0.29, 0.717) is 31.5 Å². The molecule has 186 valence electrons. The molecule has 34 heavy (non-hydrogen) atoms. The quantitative estimate of drug-likeness (QED) is 0.504. The second kappa shape index (κ2) is 8.75. The van der Waals surface area contributed by atoms with Crippen LogP contribution in [0.3, 0.4) is 0 Å². The van der Waals surface area contributed by atoms with Crippen LogP contribution in [-0.4, -0.2) is 71.6 Å². The second-order valence-electron chi connectivity index (χ2n) is 11.0. The lowest BCUT2D eigenvalue weighted by Crippen LogP contribution is -2.65. The normalized spacial score (nSPS) is 24.3. The van der Waals surface area contributed by atoms with Crippen LogP contribution < -0.4 is 16.4 Å². The van der Waals surface area contributed by atoms with Crippen molar-refractivity contribution in [2.24, 2.45) is 11.1 Å². The van der Waals surface area contributed by atoms with Gasteiger partial charge in [0.2, 0.25) is 5.91 Å². The number of hydrogen-bond acceptors (Lipinski definition) is 4. The number of piperidine rings is 1. The molecule has 2 saturated carbocycles. The maximum absolute atomic E-state index is 14.9. The van der Waals surface area contributed by atoms with Gasteiger partial charge in [-0.1, -0.05) is 30.3 Å². The van der Waals surface area contributed by atoms with Crippen LogP contribution in [0, 0.1) is 5.41 Å². The first-order chi connectivity index (χ1) is 16.1. The third-order valence-electron chi connectivity index (χ3n) is 7.85. The fraction of sp³-hybridized carbons (Fsp3) is 0.680. The van der Waals surface area contributed by atoms with E-state index in [1.807, 2.05) is 0 Å². The molecule has 2 heterocycles. The topological polar surface area (TPSA) is 90.7 Å². The first kappa shape index (κ1) is 23.5. The molecule has 3 amide bonds. The highest BCUT2D eigenvalue weighted by molar-refractivity contribution is 5.88. The summed E-state index contributed by atoms with van der Waals surface area (Å²) in [7, 11) is 0. The molecule has 0 bridgehead atoms. The van der Waals surface area contributed by atoms with Crippen molar-refractivity contribution in [3.63, 3.8) is 0 Å². The number of alkyl halides is 2. The van der Waals surface area contributed by atoms with E-state index in [0.717, 1.165) is 32.0 Å². The second-order valence-corrected chi connectivity index (χ2v) is 11.0. The van der Waals surface area contributed by atoms with Gasteiger partial charge in [0.05, 0.1) is 5.66 Å². The number of nitrogens with one attached hydrogen (secondary N) is 2. The zero-order valence-electron chi connectivity index (χ0n) is 19.6. The molecule has 0 radical (unpaired) electrons. The SMILES string of the molecule is NC1(NC(=O)[C@H](CC(F)(F)Cc2ccccc2)NC(=O)N2CC3(CCN(C4CC4)CC3)C2)CC1. The van der Waals surface area contributed by atoms with Gasteiger partial charge < -0.3 is 26.2 Å². The minimum absolute atomic E-state index is 0.132. The molecule has 1 aromatic rings. The van der Waals surface area contributed by atoms with E-state index in [1.54, 1.807) is 35.2 Å². The number of halogens is 2. The van der Waals surface area contributed by atoms with Gasteiger partial charge in [0.1, 0.15) is 6.04 Å². The number of carbonyl (C=O) groups is 2. The van der Waals surface area contributed by atoms with Crippen LogP contribution in [0.15, 0.2) is 30.3 Å². The standard InChI is InChI=1S/C25H35F2N5O2/c26-24(27,14-18-4-2-1-3-5-18)15-20(21(33)30-25(28)8-9-25)29-22(34)32-16-23(17-32)10-12-31(13-11-23)19-6-7-19/h1-5,19-20H,6-17,28H2,(H,29,34)(H,30,33)/t20-/m0/s1. The molecule has 0 aromatic heterocycles. The average Bonchev–Trinajstić information content (AvgIpc) is 3.69. The molecular formula is C25H35F2N5O2. The van der Waals surface area contributed by atoms with Crippen molar-refractivity contribution >= 4 is 11.9 Å². The number of likely N-dealkylation sites (tertiary alicyclic amines) is 2. The van der Waals surface area contributed by atoms with Crippen LogP contribution in [0.5, 0.6) is 0 Å². The van der Waals surface area contributed by atoms with Crippen molar-refractivity contribution in [3.8, 4) is 0 Å². The summed E-state index contributed by atoms with van der Waals surface area (Å²) in [6.07, 6.45) is 4.65. The Morgan fingerprint density at radius 1 is 1.09 bits per heavy atom. The summed E-state index contributed by atoms with van der Waals surface area (Å²) < 4.78 is 29.9. The lowest BCUT2D eigenvalue weighted by Gasteiger charge is -2.54. The molecular weight excluding hydrogens is 440 g/mol. The van der Waals surface area contributed by atoms with Crippen LogP contribution in [0.2, 0.25) is 0 Å². The molecule has 4 N–H and O–H groups in total. The Morgan fingerprint density at radius 3 is 2.32 bits per heavy atom. The molecule has 4 aliphatic rings. The predicted octanol–water partition coefficient (Wildman–Crippen LogP) is 2.46. The van der Waals surface area contributed by atoms with E-state index in [2.05, 4.69) is 15.5 Å². The summed E-state index contributed by atoms with van der Waals surface area (Å²) in [5.41, 5.74) is 5.76. The lowest BCUT2D eigenvalue weighted by molar-refractivity contribution is -0.126. The molecule has 2 saturated heterocycles. The maximum Gasteiger partial charge on any atom is 0.318 e. The lowest BCUT2D eigenvalue weighted by atomic mass is 9.72. The summed E-state index contributed by atoms with van der Waals surface area (Å²) in [6, 6.07) is 7.40. The van der Waals surface area contributed by atoms with Crippen LogP contribution >= 0.6 is 0 Å². The van der Waals surface area contributed by atoms with Gasteiger partial charge in [0.15, 0.2) is 0 Å². The number of nitrogens with zero attached hydrogens (tertiary/aromatic N) is 2. The van der Waals surface area contributed by atoms with Gasteiger partial charge in [-0.05, 0) is 57.2 Å². The van der Waals surface area contributed by atoms with E-state index < -0.39 is 42.4 Å². The average molecular weight is 476 g/mol. The van der Waals surface area contributed by atoms with Crippen molar-refractivity contribution < 1.29 is 18.4 Å². The van der Waals surface area contributed by atoms with Gasteiger partial charge in [-0.15, -0.1) is 0 Å². The third kappa shape index (κ3) is 5.51. The number of urea groups is 1. The Kier molecular flexibility index (Phi) is 6.04. The van der Waals surface area contributed by atoms with Crippen molar-refractivity contribution in [1.82, 2.24) is 20.4 Å². The number of carbonyl (C=O) groups excluding carboxylic acids is 2. The smallest absolute Gasteiger partial charge is 0.318 e. The molecule has 9 heteroatoms. The Labute approximate surface area is 199 Å². The minimum Gasteiger partial charge on any atom is -0.336 e. The number of benzene rings is 1. The summed E-state index contributed by atoms with van der Waals surface area (Å²) in [6.45, 7) is 3.37. The maximum atomic E-state index is 14.9. The van der Waals surface area contributed by atoms with Crippen LogP contribution in [0.1, 0.15) is 50.5 Å². The van der Waals surface area contributed by atoms with E-state index in [4.69, 9.17) is 5.73 Å². The highest BCUT2D eigenvalue weighted by Crippen LogP contribution is 2.43. The summed E-state index contributed by atoms with van der Waals surface area (Å²) in [5, 5.41) is 5.24. The molecule has 0 unspecified atom stereocenters. The van der Waals surface area contributed by atoms with Gasteiger partial charge in [-0.25, -0.2) is 13.6 Å². The van der Waals surface area contributed by atoms with Crippen LogP contribution in [-0.2, 0) is 11.2 Å². The minimum atomic E-state index is -3.16. The molecule has 2 aliphatic heterocycles. The fourth-order valence-corrected chi connectivity index (χ4v) is 5.33. The fourth-order valence-electron chi connectivity index (χ4n) is 5.33. The molecule has 1 spiro atoms. The van der Waals surface area contributed by atoms with Crippen molar-refractivity contribution in [1.29, 1.82) is 0 Å². The highest BCUT2D eigenvalue weighted by Gasteiger charge is 2.49. The molecule has 7 nitrogen and oxygen atoms in total. The molecule has 5 rings (SSSR count). The van der Waals surface area contributed by atoms with E-state index in [-0.39, 0.29) is 5.41 Å². The third-order valence-corrected chi connectivity index (χ3v) is 7.85. The van der Waals surface area contributed by atoms with Gasteiger partial charge >= 0.3 is 6.03 Å². The predicted molar refractivity (Wildman–Crippen MR) is 124 cm³/mol. The number of rotatable bonds is 8. The number of nitrogens with two attached hydrogens (primary N) is 1.